The Morgan fingerprint density at radius 1 is 1.32 bits per heavy atom. The first-order valence-corrected chi connectivity index (χ1v) is 7.06. The van der Waals surface area contributed by atoms with Gasteiger partial charge in [0.05, 0.1) is 18.3 Å². The third-order valence-electron chi connectivity index (χ3n) is 3.50. The standard InChI is InChI=1S/C17H17N3O2/c1-22-11-16(15-4-2-3-8-18-15)20-17(21)13-5-6-14-12(10-13)7-9-19-14/h2-10,16,19H,11H2,1H3,(H,20,21)/t16-/m1/s1. The Morgan fingerprint density at radius 3 is 3.00 bits per heavy atom. The van der Waals surface area contributed by atoms with E-state index in [1.54, 1.807) is 19.4 Å². The third-order valence-corrected chi connectivity index (χ3v) is 3.50. The highest BCUT2D eigenvalue weighted by atomic mass is 16.5. The SMILES string of the molecule is COC[C@@H](NC(=O)c1ccc2[nH]ccc2c1)c1ccccn1. The van der Waals surface area contributed by atoms with E-state index in [4.69, 9.17) is 4.74 Å². The van der Waals surface area contributed by atoms with Crippen LogP contribution >= 0.6 is 0 Å². The van der Waals surface area contributed by atoms with Crippen molar-refractivity contribution < 1.29 is 9.53 Å². The van der Waals surface area contributed by atoms with E-state index in [0.717, 1.165) is 16.6 Å². The molecule has 22 heavy (non-hydrogen) atoms. The molecular formula is C17H17N3O2. The van der Waals surface area contributed by atoms with Gasteiger partial charge in [-0.15, -0.1) is 0 Å². The third kappa shape index (κ3) is 2.99. The van der Waals surface area contributed by atoms with Gasteiger partial charge >= 0.3 is 0 Å². The lowest BCUT2D eigenvalue weighted by molar-refractivity contribution is 0.0894. The molecule has 0 bridgehead atoms. The summed E-state index contributed by atoms with van der Waals surface area (Å²) in [5, 5.41) is 3.98. The van der Waals surface area contributed by atoms with Crippen LogP contribution in [0.25, 0.3) is 10.9 Å². The number of ether oxygens (including phenoxy) is 1. The minimum Gasteiger partial charge on any atom is -0.382 e. The quantitative estimate of drug-likeness (QED) is 0.760. The molecule has 5 nitrogen and oxygen atoms in total. The van der Waals surface area contributed by atoms with E-state index in [9.17, 15) is 4.79 Å². The molecule has 2 N–H and O–H groups in total. The van der Waals surface area contributed by atoms with Gasteiger partial charge in [-0.05, 0) is 36.4 Å². The second-order valence-corrected chi connectivity index (χ2v) is 5.02. The minimum atomic E-state index is -0.277. The van der Waals surface area contributed by atoms with Crippen molar-refractivity contribution in [3.63, 3.8) is 0 Å². The van der Waals surface area contributed by atoms with E-state index in [-0.39, 0.29) is 11.9 Å². The molecule has 0 aliphatic carbocycles. The second-order valence-electron chi connectivity index (χ2n) is 5.02. The van der Waals surface area contributed by atoms with Crippen molar-refractivity contribution in [1.29, 1.82) is 0 Å². The summed E-state index contributed by atoms with van der Waals surface area (Å²) in [5.41, 5.74) is 2.40. The summed E-state index contributed by atoms with van der Waals surface area (Å²) in [6, 6.07) is 12.8. The number of hydrogen-bond donors (Lipinski definition) is 2. The molecule has 0 saturated heterocycles. The summed E-state index contributed by atoms with van der Waals surface area (Å²) in [6.07, 6.45) is 3.56. The van der Waals surface area contributed by atoms with Crippen molar-refractivity contribution in [1.82, 2.24) is 15.3 Å². The van der Waals surface area contributed by atoms with Gasteiger partial charge in [-0.1, -0.05) is 6.07 Å². The van der Waals surface area contributed by atoms with E-state index in [1.165, 1.54) is 0 Å². The fourth-order valence-corrected chi connectivity index (χ4v) is 2.39. The zero-order valence-electron chi connectivity index (χ0n) is 12.2. The van der Waals surface area contributed by atoms with Crippen LogP contribution in [0.3, 0.4) is 0 Å². The van der Waals surface area contributed by atoms with Crippen molar-refractivity contribution in [3.05, 3.63) is 66.1 Å². The topological polar surface area (TPSA) is 67.0 Å². The maximum atomic E-state index is 12.5. The second kappa shape index (κ2) is 6.41. The van der Waals surface area contributed by atoms with Crippen LogP contribution < -0.4 is 5.32 Å². The normalized spacial score (nSPS) is 12.2. The average Bonchev–Trinajstić information content (AvgIpc) is 3.02. The predicted molar refractivity (Wildman–Crippen MR) is 84.6 cm³/mol. The number of methoxy groups -OCH3 is 1. The first-order valence-electron chi connectivity index (χ1n) is 7.06. The highest BCUT2D eigenvalue weighted by Crippen LogP contribution is 2.16. The summed E-state index contributed by atoms with van der Waals surface area (Å²) >= 11 is 0. The number of nitrogens with one attached hydrogen (secondary N) is 2. The highest BCUT2D eigenvalue weighted by molar-refractivity contribution is 5.98. The Labute approximate surface area is 128 Å². The zero-order chi connectivity index (χ0) is 15.4. The first kappa shape index (κ1) is 14.3. The van der Waals surface area contributed by atoms with Crippen molar-refractivity contribution in [2.45, 2.75) is 6.04 Å². The number of fused-ring (bicyclic) bond motifs is 1. The molecule has 0 aliphatic heterocycles. The number of rotatable bonds is 5. The molecule has 0 spiro atoms. The van der Waals surface area contributed by atoms with Gasteiger partial charge in [-0.3, -0.25) is 9.78 Å². The van der Waals surface area contributed by atoms with Crippen LogP contribution in [0, 0.1) is 0 Å². The number of amides is 1. The fourth-order valence-electron chi connectivity index (χ4n) is 2.39. The maximum absolute atomic E-state index is 12.5. The van der Waals surface area contributed by atoms with Crippen molar-refractivity contribution in [2.24, 2.45) is 0 Å². The maximum Gasteiger partial charge on any atom is 0.251 e. The number of pyridine rings is 1. The Bertz CT molecular complexity index is 768. The molecule has 0 aliphatic rings. The molecule has 1 amide bonds. The number of benzene rings is 1. The Morgan fingerprint density at radius 2 is 2.23 bits per heavy atom. The Hall–Kier alpha value is -2.66. The zero-order valence-corrected chi connectivity index (χ0v) is 12.2. The summed E-state index contributed by atoms with van der Waals surface area (Å²) in [6.45, 7) is 0.370. The molecule has 3 rings (SSSR count). The van der Waals surface area contributed by atoms with Gasteiger partial charge in [0.25, 0.3) is 5.91 Å². The van der Waals surface area contributed by atoms with Gasteiger partial charge in [0, 0.05) is 36.0 Å². The number of aromatic amines is 1. The molecule has 2 heterocycles. The van der Waals surface area contributed by atoms with Gasteiger partial charge in [0.15, 0.2) is 0 Å². The molecule has 5 heteroatoms. The van der Waals surface area contributed by atoms with Gasteiger partial charge in [0.2, 0.25) is 0 Å². The van der Waals surface area contributed by atoms with Crippen LogP contribution in [0.4, 0.5) is 0 Å². The predicted octanol–water partition coefficient (Wildman–Crippen LogP) is 2.68. The lowest BCUT2D eigenvalue weighted by Gasteiger charge is -2.17. The molecule has 1 aromatic carbocycles. The summed E-state index contributed by atoms with van der Waals surface area (Å²) in [4.78, 5) is 19.9. The summed E-state index contributed by atoms with van der Waals surface area (Å²) < 4.78 is 5.19. The van der Waals surface area contributed by atoms with Gasteiger partial charge < -0.3 is 15.0 Å². The molecule has 112 valence electrons. The molecule has 2 aromatic heterocycles. The van der Waals surface area contributed by atoms with Crippen molar-refractivity contribution in [3.8, 4) is 0 Å². The molecule has 1 atom stereocenters. The van der Waals surface area contributed by atoms with E-state index < -0.39 is 0 Å². The molecule has 3 aromatic rings. The van der Waals surface area contributed by atoms with Crippen LogP contribution in [0.2, 0.25) is 0 Å². The fraction of sp³-hybridized carbons (Fsp3) is 0.176. The molecule has 0 unspecified atom stereocenters. The molecule has 0 radical (unpaired) electrons. The van der Waals surface area contributed by atoms with Crippen LogP contribution in [0.5, 0.6) is 0 Å². The average molecular weight is 295 g/mol. The monoisotopic (exact) mass is 295 g/mol. The van der Waals surface area contributed by atoms with Gasteiger partial charge in [-0.25, -0.2) is 0 Å². The van der Waals surface area contributed by atoms with Gasteiger partial charge in [-0.2, -0.15) is 0 Å². The number of aromatic nitrogens is 2. The number of carbonyl (C=O) groups excluding carboxylic acids is 1. The minimum absolute atomic E-state index is 0.143. The summed E-state index contributed by atoms with van der Waals surface area (Å²) in [7, 11) is 1.61. The first-order chi connectivity index (χ1) is 10.8. The van der Waals surface area contributed by atoms with Crippen molar-refractivity contribution >= 4 is 16.8 Å². The summed E-state index contributed by atoms with van der Waals surface area (Å²) in [5.74, 6) is -0.143. The van der Waals surface area contributed by atoms with Crippen LogP contribution in [-0.2, 0) is 4.74 Å². The Kier molecular flexibility index (Phi) is 4.16. The molecule has 0 fully saturated rings. The lowest BCUT2D eigenvalue weighted by atomic mass is 10.1. The number of hydrogen-bond acceptors (Lipinski definition) is 3. The molecule has 0 saturated carbocycles. The number of carbonyl (C=O) groups is 1. The van der Waals surface area contributed by atoms with Crippen LogP contribution in [-0.4, -0.2) is 29.6 Å². The molecular weight excluding hydrogens is 278 g/mol. The van der Waals surface area contributed by atoms with Crippen molar-refractivity contribution in [2.75, 3.05) is 13.7 Å². The van der Waals surface area contributed by atoms with E-state index in [1.807, 2.05) is 42.6 Å². The van der Waals surface area contributed by atoms with Crippen LogP contribution in [0.1, 0.15) is 22.1 Å². The van der Waals surface area contributed by atoms with Gasteiger partial charge in [0.1, 0.15) is 0 Å². The lowest BCUT2D eigenvalue weighted by Crippen LogP contribution is -2.31. The smallest absolute Gasteiger partial charge is 0.251 e. The van der Waals surface area contributed by atoms with Crippen LogP contribution in [0.15, 0.2) is 54.9 Å². The van der Waals surface area contributed by atoms with E-state index in [2.05, 4.69) is 15.3 Å². The number of nitrogens with zero attached hydrogens (tertiary/aromatic N) is 1. The highest BCUT2D eigenvalue weighted by Gasteiger charge is 2.17. The Balaban J connectivity index is 1.81. The number of H-pyrrole nitrogens is 1. The van der Waals surface area contributed by atoms with E-state index in [0.29, 0.717) is 12.2 Å². The van der Waals surface area contributed by atoms with E-state index >= 15 is 0 Å². The largest absolute Gasteiger partial charge is 0.382 e.